The summed E-state index contributed by atoms with van der Waals surface area (Å²) < 4.78 is 5.46. The van der Waals surface area contributed by atoms with Crippen LogP contribution in [0.5, 0.6) is 0 Å². The van der Waals surface area contributed by atoms with Gasteiger partial charge in [0, 0.05) is 12.8 Å². The van der Waals surface area contributed by atoms with Gasteiger partial charge in [-0.1, -0.05) is 274 Å². The molecular weight excluding hydrogens is 875 g/mol. The average Bonchev–Trinajstić information content (AvgIpc) is 3.37. The molecule has 0 aliphatic heterocycles. The lowest BCUT2D eigenvalue weighted by Crippen LogP contribution is -2.45. The number of rotatable bonds is 57. The number of hydrogen-bond donors (Lipinski definition) is 3. The van der Waals surface area contributed by atoms with Gasteiger partial charge in [-0.05, 0) is 89.9 Å². The molecule has 0 aromatic heterocycles. The second-order valence-corrected chi connectivity index (χ2v) is 21.0. The normalized spacial score (nSPS) is 13.0. The Hall–Kier alpha value is -2.44. The van der Waals surface area contributed by atoms with E-state index in [1.165, 1.54) is 218 Å². The van der Waals surface area contributed by atoms with Crippen LogP contribution in [0.2, 0.25) is 0 Å². The third-order valence-corrected chi connectivity index (χ3v) is 14.0. The van der Waals surface area contributed by atoms with Crippen molar-refractivity contribution in [2.75, 3.05) is 13.2 Å². The van der Waals surface area contributed by atoms with Gasteiger partial charge in [-0.3, -0.25) is 9.59 Å². The SMILES string of the molecule is CCC/C=C\C/C=C\CCCCCCCC(=O)OCCCCCCCCCCC/C=C\C/C=C\CCCCCCCCCC(=O)NC(CO)C(O)/C=C/CCCCCCCCCCCCCCCCCC. The Morgan fingerprint density at radius 1 is 0.394 bits per heavy atom. The van der Waals surface area contributed by atoms with Gasteiger partial charge in [0.15, 0.2) is 0 Å². The van der Waals surface area contributed by atoms with Crippen molar-refractivity contribution in [2.24, 2.45) is 0 Å². The Labute approximate surface area is 441 Å². The van der Waals surface area contributed by atoms with Crippen molar-refractivity contribution in [2.45, 2.75) is 328 Å². The van der Waals surface area contributed by atoms with Gasteiger partial charge in [0.05, 0.1) is 25.4 Å². The van der Waals surface area contributed by atoms with E-state index < -0.39 is 12.1 Å². The number of hydrogen-bond acceptors (Lipinski definition) is 5. The highest BCUT2D eigenvalue weighted by atomic mass is 16.5. The van der Waals surface area contributed by atoms with Gasteiger partial charge in [0.1, 0.15) is 0 Å². The van der Waals surface area contributed by atoms with E-state index in [1.54, 1.807) is 6.08 Å². The Morgan fingerprint density at radius 2 is 0.732 bits per heavy atom. The predicted molar refractivity (Wildman–Crippen MR) is 310 cm³/mol. The zero-order valence-corrected chi connectivity index (χ0v) is 47.2. The monoisotopic (exact) mass is 994 g/mol. The molecule has 0 aliphatic carbocycles. The summed E-state index contributed by atoms with van der Waals surface area (Å²) in [5.41, 5.74) is 0. The van der Waals surface area contributed by atoms with Crippen LogP contribution in [-0.2, 0) is 14.3 Å². The molecule has 6 heteroatoms. The Bertz CT molecular complexity index is 1240. The maximum atomic E-state index is 12.5. The summed E-state index contributed by atoms with van der Waals surface area (Å²) in [6.45, 7) is 4.83. The Balaban J connectivity index is 3.50. The first-order chi connectivity index (χ1) is 35.0. The van der Waals surface area contributed by atoms with Crippen molar-refractivity contribution in [3.63, 3.8) is 0 Å². The minimum atomic E-state index is -0.853. The van der Waals surface area contributed by atoms with Crippen LogP contribution in [0.3, 0.4) is 0 Å². The zero-order chi connectivity index (χ0) is 51.4. The number of allylic oxidation sites excluding steroid dienone is 9. The number of esters is 1. The fourth-order valence-corrected chi connectivity index (χ4v) is 9.23. The number of carbonyl (C=O) groups excluding carboxylic acids is 2. The van der Waals surface area contributed by atoms with Gasteiger partial charge in [0.25, 0.3) is 0 Å². The van der Waals surface area contributed by atoms with Crippen molar-refractivity contribution in [3.8, 4) is 0 Å². The molecule has 414 valence electrons. The topological polar surface area (TPSA) is 95.9 Å². The van der Waals surface area contributed by atoms with E-state index in [-0.39, 0.29) is 18.5 Å². The van der Waals surface area contributed by atoms with E-state index in [4.69, 9.17) is 4.74 Å². The molecule has 0 radical (unpaired) electrons. The van der Waals surface area contributed by atoms with Gasteiger partial charge >= 0.3 is 5.97 Å². The number of aliphatic hydroxyl groups is 2. The largest absolute Gasteiger partial charge is 0.466 e. The van der Waals surface area contributed by atoms with Crippen molar-refractivity contribution in [1.29, 1.82) is 0 Å². The molecule has 0 aromatic rings. The van der Waals surface area contributed by atoms with Gasteiger partial charge in [-0.15, -0.1) is 0 Å². The summed E-state index contributed by atoms with van der Waals surface area (Å²) in [6, 6.07) is -0.637. The highest BCUT2D eigenvalue weighted by Gasteiger charge is 2.18. The second kappa shape index (κ2) is 60.1. The third-order valence-electron chi connectivity index (χ3n) is 14.0. The van der Waals surface area contributed by atoms with Gasteiger partial charge in [-0.25, -0.2) is 0 Å². The number of aliphatic hydroxyl groups excluding tert-OH is 2. The smallest absolute Gasteiger partial charge is 0.305 e. The molecule has 6 nitrogen and oxygen atoms in total. The second-order valence-electron chi connectivity index (χ2n) is 21.0. The van der Waals surface area contributed by atoms with Crippen LogP contribution in [0.1, 0.15) is 316 Å². The van der Waals surface area contributed by atoms with Crippen LogP contribution < -0.4 is 5.32 Å². The van der Waals surface area contributed by atoms with E-state index in [9.17, 15) is 19.8 Å². The highest BCUT2D eigenvalue weighted by Crippen LogP contribution is 2.16. The van der Waals surface area contributed by atoms with Crippen LogP contribution in [0.15, 0.2) is 60.8 Å². The van der Waals surface area contributed by atoms with E-state index in [2.05, 4.69) is 67.8 Å². The third kappa shape index (κ3) is 56.7. The van der Waals surface area contributed by atoms with E-state index in [1.807, 2.05) is 6.08 Å². The molecule has 0 heterocycles. The molecule has 2 unspecified atom stereocenters. The fourth-order valence-electron chi connectivity index (χ4n) is 9.23. The summed E-state index contributed by atoms with van der Waals surface area (Å²) in [4.78, 5) is 24.5. The number of ether oxygens (including phenoxy) is 1. The van der Waals surface area contributed by atoms with Gasteiger partial charge < -0.3 is 20.3 Å². The van der Waals surface area contributed by atoms with E-state index >= 15 is 0 Å². The molecule has 0 saturated heterocycles. The van der Waals surface area contributed by atoms with Gasteiger partial charge in [0.2, 0.25) is 5.91 Å². The lowest BCUT2D eigenvalue weighted by atomic mass is 10.0. The molecule has 2 atom stereocenters. The molecule has 1 amide bonds. The van der Waals surface area contributed by atoms with Crippen molar-refractivity contribution >= 4 is 11.9 Å². The number of nitrogens with one attached hydrogen (secondary N) is 1. The summed E-state index contributed by atoms with van der Waals surface area (Å²) >= 11 is 0. The standard InChI is InChI=1S/C65H119NO5/c1-3-5-7-9-11-13-15-17-18-19-27-30-34-37-41-45-49-53-57-63(68)62(61-67)66-64(69)58-54-50-46-42-38-35-31-28-25-23-21-20-22-24-26-29-32-36-40-44-48-52-56-60-71-65(70)59-55-51-47-43-39-33-16-14-12-10-8-6-4-2/h8,10,14,16,20,22-23,25,53,57,62-63,67-68H,3-7,9,11-13,15,17-19,21,24,26-52,54-56,58-61H2,1-2H3,(H,66,69)/b10-8-,16-14-,22-20-,25-23-,57-53+. The first kappa shape index (κ1) is 68.6. The van der Waals surface area contributed by atoms with Crippen LogP contribution in [0.4, 0.5) is 0 Å². The molecule has 0 bridgehead atoms. The van der Waals surface area contributed by atoms with Crippen molar-refractivity contribution < 1.29 is 24.5 Å². The first-order valence-corrected chi connectivity index (χ1v) is 31.1. The molecule has 0 rings (SSSR count). The quantitative estimate of drug-likeness (QED) is 0.0321. The van der Waals surface area contributed by atoms with Crippen LogP contribution in [0.25, 0.3) is 0 Å². The van der Waals surface area contributed by atoms with Crippen LogP contribution >= 0.6 is 0 Å². The van der Waals surface area contributed by atoms with Crippen LogP contribution in [-0.4, -0.2) is 47.4 Å². The van der Waals surface area contributed by atoms with E-state index in [0.717, 1.165) is 70.6 Å². The minimum Gasteiger partial charge on any atom is -0.466 e. The number of carbonyl (C=O) groups is 2. The molecule has 0 fully saturated rings. The lowest BCUT2D eigenvalue weighted by Gasteiger charge is -2.20. The van der Waals surface area contributed by atoms with Crippen LogP contribution in [0, 0.1) is 0 Å². The average molecular weight is 995 g/mol. The maximum absolute atomic E-state index is 12.5. The zero-order valence-electron chi connectivity index (χ0n) is 47.2. The maximum Gasteiger partial charge on any atom is 0.305 e. The van der Waals surface area contributed by atoms with Gasteiger partial charge in [-0.2, -0.15) is 0 Å². The minimum absolute atomic E-state index is 0.00944. The summed E-state index contributed by atoms with van der Waals surface area (Å²) in [5.74, 6) is -0.0872. The molecule has 0 spiro atoms. The number of amides is 1. The molecule has 71 heavy (non-hydrogen) atoms. The summed E-state index contributed by atoms with van der Waals surface area (Å²) in [6.07, 6.45) is 78.3. The highest BCUT2D eigenvalue weighted by molar-refractivity contribution is 5.76. The molecular formula is C65H119NO5. The molecule has 0 aliphatic rings. The predicted octanol–water partition coefficient (Wildman–Crippen LogP) is 19.5. The lowest BCUT2D eigenvalue weighted by molar-refractivity contribution is -0.143. The van der Waals surface area contributed by atoms with E-state index in [0.29, 0.717) is 19.4 Å². The first-order valence-electron chi connectivity index (χ1n) is 31.1. The fraction of sp³-hybridized carbons (Fsp3) is 0.815. The molecule has 0 aromatic carbocycles. The summed E-state index contributed by atoms with van der Waals surface area (Å²) in [7, 11) is 0. The van der Waals surface area contributed by atoms with Crippen molar-refractivity contribution in [3.05, 3.63) is 60.8 Å². The Morgan fingerprint density at radius 3 is 1.13 bits per heavy atom. The Kier molecular flexibility index (Phi) is 58.1. The molecule has 3 N–H and O–H groups in total. The number of unbranched alkanes of at least 4 members (excludes halogenated alkanes) is 38. The van der Waals surface area contributed by atoms with Crippen molar-refractivity contribution in [1.82, 2.24) is 5.32 Å². The summed E-state index contributed by atoms with van der Waals surface area (Å²) in [5, 5.41) is 23.2. The molecule has 0 saturated carbocycles.